The van der Waals surface area contributed by atoms with Crippen molar-refractivity contribution < 1.29 is 92.9 Å². The zero-order valence-electron chi connectivity index (χ0n) is 15.1. The molecule has 0 saturated carbocycles. The van der Waals surface area contributed by atoms with Crippen LogP contribution in [0.4, 0.5) is 0 Å². The van der Waals surface area contributed by atoms with Crippen LogP contribution in [0.3, 0.4) is 0 Å². The Balaban J connectivity index is -0.000000451. The minimum absolute atomic E-state index is 0. The zero-order valence-corrected chi connectivity index (χ0v) is 16.3. The molecule has 0 aliphatic heterocycles. The second-order valence-electron chi connectivity index (χ2n) is 4.69. The molecule has 0 aliphatic rings. The minimum atomic E-state index is -1.82. The number of hydrogen-bond donors (Lipinski definition) is 2. The second-order valence-corrected chi connectivity index (χ2v) is 4.69. The molecule has 0 radical (unpaired) electrons. The molecule has 0 atom stereocenters. The Kier molecular flexibility index (Phi) is 13.4. The van der Waals surface area contributed by atoms with Crippen LogP contribution in [-0.4, -0.2) is 22.2 Å². The van der Waals surface area contributed by atoms with Crippen LogP contribution in [0.5, 0.6) is 0 Å². The Morgan fingerprint density at radius 3 is 2.00 bits per heavy atom. The third-order valence-corrected chi connectivity index (χ3v) is 3.40. The first kappa shape index (κ1) is 23.7. The van der Waals surface area contributed by atoms with Gasteiger partial charge in [0.1, 0.15) is 0 Å². The molecule has 0 amide bonds. The molecule has 1 aromatic rings. The van der Waals surface area contributed by atoms with E-state index < -0.39 is 17.4 Å². The van der Waals surface area contributed by atoms with Crippen molar-refractivity contribution in [2.24, 2.45) is 0 Å². The maximum Gasteiger partial charge on any atom is 1.00 e. The van der Waals surface area contributed by atoms with E-state index >= 15 is 0 Å². The third kappa shape index (κ3) is 6.19. The molecule has 0 saturated heterocycles. The Labute approximate surface area is 183 Å². The summed E-state index contributed by atoms with van der Waals surface area (Å²) in [6, 6.07) is 8.23. The number of hydrogen-bond acceptors (Lipinski definition) is 2. The van der Waals surface area contributed by atoms with Gasteiger partial charge >= 0.3 is 82.2 Å². The summed E-state index contributed by atoms with van der Waals surface area (Å²) in [7, 11) is 0. The summed E-state index contributed by atoms with van der Waals surface area (Å²) in [5, 5.41) is 18.8. The molecule has 6 heteroatoms. The molecule has 108 valence electrons. The molecule has 4 nitrogen and oxygen atoms in total. The van der Waals surface area contributed by atoms with Crippen LogP contribution >= 0.6 is 0 Å². The van der Waals surface area contributed by atoms with Crippen molar-refractivity contribution in [3.63, 3.8) is 0 Å². The number of benzene rings is 1. The van der Waals surface area contributed by atoms with Gasteiger partial charge in [-0.15, -0.1) is 0 Å². The summed E-state index contributed by atoms with van der Waals surface area (Å²) in [5.74, 6) is -2.58. The van der Waals surface area contributed by atoms with Crippen molar-refractivity contribution >= 4 is 11.9 Å². The van der Waals surface area contributed by atoms with E-state index in [-0.39, 0.29) is 79.5 Å². The molecule has 0 aliphatic carbocycles. The maximum absolute atomic E-state index is 11.5. The van der Waals surface area contributed by atoms with Crippen molar-refractivity contribution in [3.05, 3.63) is 35.9 Å². The monoisotopic (exact) mass is 312 g/mol. The van der Waals surface area contributed by atoms with Gasteiger partial charge in [-0.05, 0) is 12.0 Å². The Bertz CT molecular complexity index is 432. The molecular weight excluding hydrogens is 290 g/mol. The van der Waals surface area contributed by atoms with E-state index in [4.69, 9.17) is 0 Å². The Morgan fingerprint density at radius 2 is 1.57 bits per heavy atom. The van der Waals surface area contributed by atoms with Gasteiger partial charge < -0.3 is 13.1 Å². The molecule has 0 heterocycles. The zero-order chi connectivity index (χ0) is 14.3. The molecule has 0 bridgehead atoms. The largest absolute Gasteiger partial charge is 1.00 e. The van der Waals surface area contributed by atoms with Gasteiger partial charge in [0.25, 0.3) is 0 Å². The van der Waals surface area contributed by atoms with E-state index in [0.29, 0.717) is 12.0 Å². The second kappa shape index (κ2) is 11.9. The first-order valence-corrected chi connectivity index (χ1v) is 6.58. The fourth-order valence-electron chi connectivity index (χ4n) is 2.24. The number of unbranched alkanes of at least 4 members (excludes halogenated alkanes) is 3. The number of carbonyl (C=O) groups is 2. The van der Waals surface area contributed by atoms with Gasteiger partial charge in [-0.1, -0.05) is 62.9 Å². The van der Waals surface area contributed by atoms with Crippen molar-refractivity contribution in [1.29, 1.82) is 0 Å². The van der Waals surface area contributed by atoms with Gasteiger partial charge in [0.05, 0.1) is 0 Å². The van der Waals surface area contributed by atoms with Gasteiger partial charge in [0.2, 0.25) is 0 Å². The average molecular weight is 312 g/mol. The summed E-state index contributed by atoms with van der Waals surface area (Å²) in [5.41, 5.74) is -1.49. The SMILES string of the molecule is CCCCCCC(C(=O)O)(C(=O)O)c1ccccc1.[H-].[H-].[K+].[Li+]. The van der Waals surface area contributed by atoms with E-state index in [0.717, 1.165) is 19.3 Å². The molecule has 0 fully saturated rings. The van der Waals surface area contributed by atoms with Crippen molar-refractivity contribution in [2.45, 2.75) is 44.4 Å². The predicted octanol–water partition coefficient (Wildman–Crippen LogP) is -2.70. The Hall–Kier alpha value is 0.394. The van der Waals surface area contributed by atoms with Gasteiger partial charge in [-0.3, -0.25) is 9.59 Å². The maximum atomic E-state index is 11.5. The van der Waals surface area contributed by atoms with Crippen LogP contribution in [-0.2, 0) is 15.0 Å². The topological polar surface area (TPSA) is 74.6 Å². The van der Waals surface area contributed by atoms with Crippen LogP contribution in [0.25, 0.3) is 0 Å². The van der Waals surface area contributed by atoms with Crippen LogP contribution in [0.15, 0.2) is 30.3 Å². The molecule has 0 spiro atoms. The van der Waals surface area contributed by atoms with Crippen LogP contribution < -0.4 is 70.2 Å². The predicted molar refractivity (Wildman–Crippen MR) is 74.4 cm³/mol. The van der Waals surface area contributed by atoms with Crippen LogP contribution in [0.2, 0.25) is 0 Å². The van der Waals surface area contributed by atoms with Gasteiger partial charge in [0.15, 0.2) is 5.41 Å². The minimum Gasteiger partial charge on any atom is -1.00 e. The summed E-state index contributed by atoms with van der Waals surface area (Å²) in [6.45, 7) is 2.05. The van der Waals surface area contributed by atoms with Crippen LogP contribution in [0, 0.1) is 0 Å². The standard InChI is InChI=1S/C15H20O4.K.Li.2H/c1-2-3-4-8-11-15(13(16)17,14(18)19)12-9-6-5-7-10-12;;;;/h5-7,9-10H,2-4,8,11H2,1H3,(H,16,17)(H,18,19);;;;/q;2*+1;2*-1. The summed E-state index contributed by atoms with van der Waals surface area (Å²) in [6.07, 6.45) is 3.59. The quantitative estimate of drug-likeness (QED) is 0.311. The van der Waals surface area contributed by atoms with Gasteiger partial charge in [0, 0.05) is 0 Å². The fourth-order valence-corrected chi connectivity index (χ4v) is 2.24. The van der Waals surface area contributed by atoms with Crippen molar-refractivity contribution in [1.82, 2.24) is 0 Å². The number of rotatable bonds is 8. The normalized spacial score (nSPS) is 10.1. The molecular formula is C15H22KLiO4. The first-order chi connectivity index (χ1) is 9.05. The molecule has 21 heavy (non-hydrogen) atoms. The number of carboxylic acid groups (broad SMARTS) is 2. The van der Waals surface area contributed by atoms with Crippen molar-refractivity contribution in [2.75, 3.05) is 0 Å². The van der Waals surface area contributed by atoms with E-state index in [2.05, 4.69) is 6.92 Å². The van der Waals surface area contributed by atoms with Gasteiger partial charge in [-0.25, -0.2) is 0 Å². The van der Waals surface area contributed by atoms with Crippen LogP contribution in [0.1, 0.15) is 47.4 Å². The molecule has 1 aromatic carbocycles. The number of carboxylic acids is 2. The van der Waals surface area contributed by atoms with E-state index in [1.807, 2.05) is 0 Å². The summed E-state index contributed by atoms with van der Waals surface area (Å²) >= 11 is 0. The first-order valence-electron chi connectivity index (χ1n) is 6.58. The summed E-state index contributed by atoms with van der Waals surface area (Å²) in [4.78, 5) is 23.1. The smallest absolute Gasteiger partial charge is 1.00 e. The van der Waals surface area contributed by atoms with Gasteiger partial charge in [-0.2, -0.15) is 0 Å². The van der Waals surface area contributed by atoms with E-state index in [1.54, 1.807) is 30.3 Å². The Morgan fingerprint density at radius 1 is 1.05 bits per heavy atom. The van der Waals surface area contributed by atoms with Crippen molar-refractivity contribution in [3.8, 4) is 0 Å². The number of aliphatic carboxylic acids is 2. The average Bonchev–Trinajstić information content (AvgIpc) is 2.39. The van der Waals surface area contributed by atoms with E-state index in [9.17, 15) is 19.8 Å². The molecule has 1 rings (SSSR count). The summed E-state index contributed by atoms with van der Waals surface area (Å²) < 4.78 is 0. The van der Waals surface area contributed by atoms with E-state index in [1.165, 1.54) is 0 Å². The molecule has 2 N–H and O–H groups in total. The molecule has 0 aromatic heterocycles. The fraction of sp³-hybridized carbons (Fsp3) is 0.467. The third-order valence-electron chi connectivity index (χ3n) is 3.40. The molecule has 0 unspecified atom stereocenters.